The van der Waals surface area contributed by atoms with Gasteiger partial charge in [0.15, 0.2) is 0 Å². The second kappa shape index (κ2) is 9.96. The van der Waals surface area contributed by atoms with Crippen molar-refractivity contribution < 1.29 is 28.8 Å². The van der Waals surface area contributed by atoms with Crippen LogP contribution in [0.4, 0.5) is 10.7 Å². The Kier molecular flexibility index (Phi) is 7.64. The fourth-order valence-corrected chi connectivity index (χ4v) is 3.62. The summed E-state index contributed by atoms with van der Waals surface area (Å²) in [6.07, 6.45) is 1.73. The van der Waals surface area contributed by atoms with Crippen molar-refractivity contribution in [3.05, 3.63) is 38.0 Å². The van der Waals surface area contributed by atoms with E-state index in [1.54, 1.807) is 13.8 Å². The second-order valence-corrected chi connectivity index (χ2v) is 7.07. The number of aryl methyl sites for hydroxylation is 1. The normalized spacial score (nSPS) is 10.5. The van der Waals surface area contributed by atoms with Crippen LogP contribution in [0, 0.1) is 17.0 Å². The number of rotatable bonds is 9. The largest absolute Gasteiger partial charge is 0.462 e. The molecule has 0 bridgehead atoms. The second-order valence-electron chi connectivity index (χ2n) is 6.05. The Bertz CT molecular complexity index is 980. The number of esters is 2. The minimum Gasteiger partial charge on any atom is -0.462 e. The van der Waals surface area contributed by atoms with Gasteiger partial charge in [-0.2, -0.15) is 5.10 Å². The predicted molar refractivity (Wildman–Crippen MR) is 108 cm³/mol. The number of nitrogens with zero attached hydrogens (tertiary/aromatic N) is 3. The number of amides is 1. The fourth-order valence-electron chi connectivity index (χ4n) is 2.54. The van der Waals surface area contributed by atoms with E-state index in [2.05, 4.69) is 10.4 Å². The third kappa shape index (κ3) is 4.82. The Morgan fingerprint density at radius 1 is 1.23 bits per heavy atom. The lowest BCUT2D eigenvalue weighted by atomic mass is 10.1. The van der Waals surface area contributed by atoms with Gasteiger partial charge in [0, 0.05) is 6.54 Å². The molecule has 0 aromatic carbocycles. The monoisotopic (exact) mass is 438 g/mol. The molecule has 0 aliphatic heterocycles. The number of nitrogens with one attached hydrogen (secondary N) is 1. The molecule has 0 atom stereocenters. The van der Waals surface area contributed by atoms with E-state index in [-0.39, 0.29) is 28.7 Å². The number of ether oxygens (including phenoxy) is 2. The third-order valence-corrected chi connectivity index (χ3v) is 5.14. The summed E-state index contributed by atoms with van der Waals surface area (Å²) < 4.78 is 11.4. The van der Waals surface area contributed by atoms with Gasteiger partial charge in [0.2, 0.25) is 5.69 Å². The molecule has 11 nitrogen and oxygen atoms in total. The highest BCUT2D eigenvalue weighted by Crippen LogP contribution is 2.35. The van der Waals surface area contributed by atoms with E-state index in [1.165, 1.54) is 11.6 Å². The zero-order valence-corrected chi connectivity index (χ0v) is 17.8. The summed E-state index contributed by atoms with van der Waals surface area (Å²) in [5.41, 5.74) is -0.576. The van der Waals surface area contributed by atoms with Crippen LogP contribution in [-0.2, 0) is 16.0 Å². The smallest absolute Gasteiger partial charge is 0.348 e. The van der Waals surface area contributed by atoms with Crippen LogP contribution < -0.4 is 5.32 Å². The quantitative estimate of drug-likeness (QED) is 0.357. The summed E-state index contributed by atoms with van der Waals surface area (Å²) in [5, 5.41) is 17.7. The molecule has 0 fully saturated rings. The van der Waals surface area contributed by atoms with E-state index in [0.29, 0.717) is 18.5 Å². The molecule has 2 aromatic rings. The maximum Gasteiger partial charge on any atom is 0.348 e. The standard InChI is InChI=1S/C18H22N4O7S/c1-5-8-29-17(24)12-10(4)14(18(25)28-7-3)30-16(12)19-15(23)13-11(22(26)27)9-21(6-2)20-13/h9H,5-8H2,1-4H3,(H,19,23). The first-order valence-electron chi connectivity index (χ1n) is 9.25. The SMILES string of the molecule is CCCOC(=O)c1c(NC(=O)c2nn(CC)cc2[N+](=O)[O-])sc(C(=O)OCC)c1C. The highest BCUT2D eigenvalue weighted by molar-refractivity contribution is 7.18. The van der Waals surface area contributed by atoms with Crippen LogP contribution in [0.1, 0.15) is 63.3 Å². The van der Waals surface area contributed by atoms with E-state index >= 15 is 0 Å². The van der Waals surface area contributed by atoms with Crippen LogP contribution in [-0.4, -0.2) is 45.8 Å². The van der Waals surface area contributed by atoms with Gasteiger partial charge in [0.05, 0.1) is 23.7 Å². The summed E-state index contributed by atoms with van der Waals surface area (Å²) in [6.45, 7) is 7.33. The van der Waals surface area contributed by atoms with Gasteiger partial charge in [0.25, 0.3) is 5.91 Å². The zero-order chi connectivity index (χ0) is 22.4. The van der Waals surface area contributed by atoms with Crippen molar-refractivity contribution in [2.75, 3.05) is 18.5 Å². The molecule has 12 heteroatoms. The predicted octanol–water partition coefficient (Wildman–Crippen LogP) is 3.18. The molecule has 1 amide bonds. The van der Waals surface area contributed by atoms with Crippen molar-refractivity contribution in [1.29, 1.82) is 0 Å². The van der Waals surface area contributed by atoms with Crippen LogP contribution in [0.25, 0.3) is 0 Å². The molecular formula is C18H22N4O7S. The lowest BCUT2D eigenvalue weighted by Gasteiger charge is -2.07. The fraction of sp³-hybridized carbons (Fsp3) is 0.444. The lowest BCUT2D eigenvalue weighted by molar-refractivity contribution is -0.385. The molecule has 0 unspecified atom stereocenters. The van der Waals surface area contributed by atoms with Crippen LogP contribution >= 0.6 is 11.3 Å². The highest BCUT2D eigenvalue weighted by atomic mass is 32.1. The number of hydrogen-bond acceptors (Lipinski definition) is 9. The molecule has 0 aliphatic rings. The van der Waals surface area contributed by atoms with Gasteiger partial charge in [-0.1, -0.05) is 6.92 Å². The highest BCUT2D eigenvalue weighted by Gasteiger charge is 2.30. The maximum atomic E-state index is 12.7. The van der Waals surface area contributed by atoms with Gasteiger partial charge in [0.1, 0.15) is 16.1 Å². The number of anilines is 1. The van der Waals surface area contributed by atoms with Crippen LogP contribution in [0.2, 0.25) is 0 Å². The average molecular weight is 438 g/mol. The number of aromatic nitrogens is 2. The minimum absolute atomic E-state index is 0.00225. The molecule has 0 saturated carbocycles. The maximum absolute atomic E-state index is 12.7. The van der Waals surface area contributed by atoms with Crippen molar-refractivity contribution in [3.63, 3.8) is 0 Å². The van der Waals surface area contributed by atoms with Crippen molar-refractivity contribution in [3.8, 4) is 0 Å². The molecule has 0 radical (unpaired) electrons. The Morgan fingerprint density at radius 3 is 2.50 bits per heavy atom. The van der Waals surface area contributed by atoms with E-state index in [1.807, 2.05) is 6.92 Å². The third-order valence-electron chi connectivity index (χ3n) is 3.95. The van der Waals surface area contributed by atoms with Crippen molar-refractivity contribution >= 4 is 39.9 Å². The van der Waals surface area contributed by atoms with Gasteiger partial charge in [-0.25, -0.2) is 9.59 Å². The first-order valence-corrected chi connectivity index (χ1v) is 10.1. The zero-order valence-electron chi connectivity index (χ0n) is 17.0. The Balaban J connectivity index is 2.47. The van der Waals surface area contributed by atoms with Gasteiger partial charge < -0.3 is 14.8 Å². The van der Waals surface area contributed by atoms with Crippen molar-refractivity contribution in [2.45, 2.75) is 40.7 Å². The molecule has 1 N–H and O–H groups in total. The average Bonchev–Trinajstić information content (AvgIpc) is 3.28. The molecule has 0 saturated heterocycles. The van der Waals surface area contributed by atoms with E-state index in [9.17, 15) is 24.5 Å². The summed E-state index contributed by atoms with van der Waals surface area (Å²) in [5.74, 6) is -2.24. The van der Waals surface area contributed by atoms with E-state index in [4.69, 9.17) is 9.47 Å². The van der Waals surface area contributed by atoms with Crippen molar-refractivity contribution in [1.82, 2.24) is 9.78 Å². The summed E-state index contributed by atoms with van der Waals surface area (Å²) in [4.78, 5) is 48.2. The number of thiophene rings is 1. The van der Waals surface area contributed by atoms with Crippen molar-refractivity contribution in [2.24, 2.45) is 0 Å². The van der Waals surface area contributed by atoms with Crippen LogP contribution in [0.15, 0.2) is 6.20 Å². The lowest BCUT2D eigenvalue weighted by Crippen LogP contribution is -2.17. The molecule has 2 heterocycles. The Labute approximate surface area is 176 Å². The first kappa shape index (κ1) is 23.0. The summed E-state index contributed by atoms with van der Waals surface area (Å²) in [6, 6.07) is 0. The first-order chi connectivity index (χ1) is 14.2. The summed E-state index contributed by atoms with van der Waals surface area (Å²) in [7, 11) is 0. The molecule has 30 heavy (non-hydrogen) atoms. The topological polar surface area (TPSA) is 143 Å². The Hall–Kier alpha value is -3.28. The van der Waals surface area contributed by atoms with Gasteiger partial charge in [-0.3, -0.25) is 19.6 Å². The van der Waals surface area contributed by atoms with Gasteiger partial charge in [-0.05, 0) is 32.8 Å². The number of hydrogen-bond donors (Lipinski definition) is 1. The molecule has 162 valence electrons. The number of nitro groups is 1. The molecular weight excluding hydrogens is 416 g/mol. The molecule has 0 aliphatic carbocycles. The van der Waals surface area contributed by atoms with E-state index < -0.39 is 34.2 Å². The van der Waals surface area contributed by atoms with E-state index in [0.717, 1.165) is 17.5 Å². The molecule has 2 rings (SSSR count). The number of carbonyl (C=O) groups excluding carboxylic acids is 3. The van der Waals surface area contributed by atoms with Crippen LogP contribution in [0.3, 0.4) is 0 Å². The number of carbonyl (C=O) groups is 3. The van der Waals surface area contributed by atoms with Gasteiger partial charge >= 0.3 is 17.6 Å². The summed E-state index contributed by atoms with van der Waals surface area (Å²) >= 11 is 0.834. The Morgan fingerprint density at radius 2 is 1.93 bits per heavy atom. The van der Waals surface area contributed by atoms with Gasteiger partial charge in [-0.15, -0.1) is 11.3 Å². The van der Waals surface area contributed by atoms with Crippen LogP contribution in [0.5, 0.6) is 0 Å². The molecule has 2 aromatic heterocycles. The minimum atomic E-state index is -0.880. The molecule has 0 spiro atoms.